The predicted molar refractivity (Wildman–Crippen MR) is 105 cm³/mol. The Balaban J connectivity index is 1.57. The minimum atomic E-state index is -0.566. The van der Waals surface area contributed by atoms with Gasteiger partial charge in [-0.1, -0.05) is 0 Å². The van der Waals surface area contributed by atoms with E-state index >= 15 is 0 Å². The lowest BCUT2D eigenvalue weighted by molar-refractivity contribution is -0.130. The highest BCUT2D eigenvalue weighted by atomic mass is 32.1. The fourth-order valence-corrected chi connectivity index (χ4v) is 3.87. The van der Waals surface area contributed by atoms with Crippen molar-refractivity contribution in [3.05, 3.63) is 29.1 Å². The molecule has 1 aromatic carbocycles. The third kappa shape index (κ3) is 5.28. The second-order valence-corrected chi connectivity index (χ2v) is 7.62. The second kappa shape index (κ2) is 9.30. The summed E-state index contributed by atoms with van der Waals surface area (Å²) < 4.78 is 17.3. The molecule has 146 valence electrons. The van der Waals surface area contributed by atoms with Crippen LogP contribution in [0.25, 0.3) is 10.1 Å². The number of benzene rings is 1. The van der Waals surface area contributed by atoms with Crippen molar-refractivity contribution in [3.63, 3.8) is 0 Å². The normalized spacial score (nSPS) is 18.2. The van der Waals surface area contributed by atoms with Gasteiger partial charge in [0.05, 0.1) is 19.3 Å². The van der Waals surface area contributed by atoms with Gasteiger partial charge in [-0.2, -0.15) is 0 Å². The van der Waals surface area contributed by atoms with E-state index in [1.165, 1.54) is 11.3 Å². The molecule has 27 heavy (non-hydrogen) atoms. The van der Waals surface area contributed by atoms with Crippen LogP contribution in [0.4, 0.5) is 5.69 Å². The summed E-state index contributed by atoms with van der Waals surface area (Å²) in [5.41, 5.74) is 0.671. The molecule has 1 saturated heterocycles. The lowest BCUT2D eigenvalue weighted by Gasteiger charge is -2.23. The molecule has 1 aromatic heterocycles. The molecule has 2 heterocycles. The summed E-state index contributed by atoms with van der Waals surface area (Å²) in [6.07, 6.45) is 2.73. The number of amides is 1. The molecule has 0 bridgehead atoms. The van der Waals surface area contributed by atoms with Crippen LogP contribution in [0.5, 0.6) is 0 Å². The van der Waals surface area contributed by atoms with E-state index in [0.29, 0.717) is 23.8 Å². The van der Waals surface area contributed by atoms with E-state index in [0.717, 1.165) is 36.0 Å². The maximum absolute atomic E-state index is 12.4. The van der Waals surface area contributed by atoms with Crippen LogP contribution in [-0.4, -0.2) is 43.9 Å². The molecular formula is C20H25NO5S. The minimum Gasteiger partial charge on any atom is -0.462 e. The fourth-order valence-electron chi connectivity index (χ4n) is 2.93. The Kier molecular flexibility index (Phi) is 6.82. The maximum Gasteiger partial charge on any atom is 0.348 e. The van der Waals surface area contributed by atoms with Gasteiger partial charge in [0, 0.05) is 17.0 Å². The summed E-state index contributed by atoms with van der Waals surface area (Å²) in [4.78, 5) is 24.8. The average Bonchev–Trinajstić information content (AvgIpc) is 3.10. The van der Waals surface area contributed by atoms with Crippen molar-refractivity contribution < 1.29 is 23.8 Å². The Morgan fingerprint density at radius 2 is 2.19 bits per heavy atom. The van der Waals surface area contributed by atoms with E-state index < -0.39 is 6.10 Å². The van der Waals surface area contributed by atoms with Crippen molar-refractivity contribution >= 4 is 39.0 Å². The number of carbonyl (C=O) groups excluding carboxylic acids is 2. The highest BCUT2D eigenvalue weighted by Gasteiger charge is 2.19. The van der Waals surface area contributed by atoms with Crippen LogP contribution in [-0.2, 0) is 19.0 Å². The first kappa shape index (κ1) is 19.8. The zero-order valence-electron chi connectivity index (χ0n) is 15.7. The van der Waals surface area contributed by atoms with Crippen molar-refractivity contribution in [1.82, 2.24) is 0 Å². The van der Waals surface area contributed by atoms with Crippen LogP contribution >= 0.6 is 11.3 Å². The van der Waals surface area contributed by atoms with Gasteiger partial charge < -0.3 is 19.5 Å². The van der Waals surface area contributed by atoms with Crippen LogP contribution in [0.1, 0.15) is 42.8 Å². The summed E-state index contributed by atoms with van der Waals surface area (Å²) in [6.45, 7) is 5.06. The molecule has 1 fully saturated rings. The van der Waals surface area contributed by atoms with Gasteiger partial charge in [-0.3, -0.25) is 4.79 Å². The van der Waals surface area contributed by atoms with Crippen LogP contribution < -0.4 is 5.32 Å². The smallest absolute Gasteiger partial charge is 0.348 e. The maximum atomic E-state index is 12.4. The molecule has 6 nitrogen and oxygen atoms in total. The average molecular weight is 391 g/mol. The van der Waals surface area contributed by atoms with Crippen LogP contribution in [0.15, 0.2) is 24.3 Å². The van der Waals surface area contributed by atoms with Gasteiger partial charge in [0.1, 0.15) is 11.0 Å². The van der Waals surface area contributed by atoms with Gasteiger partial charge in [-0.25, -0.2) is 4.79 Å². The van der Waals surface area contributed by atoms with Crippen molar-refractivity contribution in [3.8, 4) is 0 Å². The molecule has 1 aliphatic rings. The summed E-state index contributed by atoms with van der Waals surface area (Å²) >= 11 is 1.38. The topological polar surface area (TPSA) is 73.9 Å². The number of anilines is 1. The molecule has 1 amide bonds. The third-order valence-electron chi connectivity index (χ3n) is 4.44. The van der Waals surface area contributed by atoms with Crippen molar-refractivity contribution in [2.24, 2.45) is 0 Å². The van der Waals surface area contributed by atoms with Crippen LogP contribution in [0, 0.1) is 0 Å². The fraction of sp³-hybridized carbons (Fsp3) is 0.500. The van der Waals surface area contributed by atoms with Gasteiger partial charge in [0.15, 0.2) is 0 Å². The van der Waals surface area contributed by atoms with E-state index in [1.54, 1.807) is 19.9 Å². The Labute approximate surface area is 162 Å². The molecule has 0 saturated carbocycles. The molecule has 2 unspecified atom stereocenters. The minimum absolute atomic E-state index is 0.0810. The van der Waals surface area contributed by atoms with Gasteiger partial charge >= 0.3 is 5.97 Å². The quantitative estimate of drug-likeness (QED) is 0.723. The third-order valence-corrected chi connectivity index (χ3v) is 5.53. The zero-order valence-corrected chi connectivity index (χ0v) is 16.5. The number of ether oxygens (including phenoxy) is 3. The van der Waals surface area contributed by atoms with Gasteiger partial charge in [-0.15, -0.1) is 11.3 Å². The Morgan fingerprint density at radius 1 is 1.33 bits per heavy atom. The van der Waals surface area contributed by atoms with Crippen molar-refractivity contribution in [2.45, 2.75) is 45.3 Å². The standard InChI is InChI=1S/C20H25NO5S/c1-3-24-20(23)18-11-14-10-15(7-8-17(14)27-18)21-19(22)13(2)26-12-16-6-4-5-9-25-16/h7-8,10-11,13,16H,3-6,9,12H2,1-2H3,(H,21,22). The van der Waals surface area contributed by atoms with E-state index in [4.69, 9.17) is 14.2 Å². The SMILES string of the molecule is CCOC(=O)c1cc2cc(NC(=O)C(C)OCC3CCCCO3)ccc2s1. The number of esters is 1. The first-order valence-corrected chi connectivity index (χ1v) is 10.1. The molecule has 2 aromatic rings. The summed E-state index contributed by atoms with van der Waals surface area (Å²) in [5.74, 6) is -0.526. The van der Waals surface area contributed by atoms with Crippen LogP contribution in [0.2, 0.25) is 0 Å². The molecule has 3 rings (SSSR count). The molecule has 1 aliphatic heterocycles. The Bertz CT molecular complexity index is 797. The Hall–Kier alpha value is -1.96. The number of carbonyl (C=O) groups is 2. The van der Waals surface area contributed by atoms with E-state index in [1.807, 2.05) is 18.2 Å². The molecule has 7 heteroatoms. The van der Waals surface area contributed by atoms with E-state index in [-0.39, 0.29) is 18.0 Å². The first-order valence-electron chi connectivity index (χ1n) is 9.31. The molecular weight excluding hydrogens is 366 g/mol. The van der Waals surface area contributed by atoms with E-state index in [9.17, 15) is 9.59 Å². The largest absolute Gasteiger partial charge is 0.462 e. The number of thiophene rings is 1. The highest BCUT2D eigenvalue weighted by Crippen LogP contribution is 2.28. The lowest BCUT2D eigenvalue weighted by atomic mass is 10.1. The lowest BCUT2D eigenvalue weighted by Crippen LogP contribution is -2.32. The Morgan fingerprint density at radius 3 is 2.93 bits per heavy atom. The van der Waals surface area contributed by atoms with Gasteiger partial charge in [0.25, 0.3) is 5.91 Å². The number of hydrogen-bond acceptors (Lipinski definition) is 6. The van der Waals surface area contributed by atoms with E-state index in [2.05, 4.69) is 5.32 Å². The first-order chi connectivity index (χ1) is 13.1. The summed E-state index contributed by atoms with van der Waals surface area (Å²) in [6, 6.07) is 7.35. The van der Waals surface area contributed by atoms with Crippen LogP contribution in [0.3, 0.4) is 0 Å². The molecule has 0 radical (unpaired) electrons. The van der Waals surface area contributed by atoms with Gasteiger partial charge in [-0.05, 0) is 62.8 Å². The highest BCUT2D eigenvalue weighted by molar-refractivity contribution is 7.20. The number of nitrogens with one attached hydrogen (secondary N) is 1. The second-order valence-electron chi connectivity index (χ2n) is 6.54. The van der Waals surface area contributed by atoms with Crippen molar-refractivity contribution in [2.75, 3.05) is 25.1 Å². The number of fused-ring (bicyclic) bond motifs is 1. The zero-order chi connectivity index (χ0) is 19.2. The number of rotatable bonds is 7. The van der Waals surface area contributed by atoms with Crippen molar-refractivity contribution in [1.29, 1.82) is 0 Å². The molecule has 2 atom stereocenters. The summed E-state index contributed by atoms with van der Waals surface area (Å²) in [5, 5.41) is 3.76. The molecule has 1 N–H and O–H groups in total. The molecule has 0 aliphatic carbocycles. The monoisotopic (exact) mass is 391 g/mol. The summed E-state index contributed by atoms with van der Waals surface area (Å²) in [7, 11) is 0. The predicted octanol–water partition coefficient (Wildman–Crippen LogP) is 3.99. The molecule has 0 spiro atoms. The number of hydrogen-bond donors (Lipinski definition) is 1. The van der Waals surface area contributed by atoms with Gasteiger partial charge in [0.2, 0.25) is 0 Å².